The summed E-state index contributed by atoms with van der Waals surface area (Å²) in [4.78, 5) is 21.6. The fourth-order valence-electron chi connectivity index (χ4n) is 3.34. The van der Waals surface area contributed by atoms with E-state index in [1.54, 1.807) is 0 Å². The molecule has 0 unspecified atom stereocenters. The highest BCUT2D eigenvalue weighted by molar-refractivity contribution is 6.02. The van der Waals surface area contributed by atoms with E-state index in [9.17, 15) is 4.79 Å². The summed E-state index contributed by atoms with van der Waals surface area (Å²) in [5, 5.41) is 2.89. The number of hydrogen-bond donors (Lipinski definition) is 1. The van der Waals surface area contributed by atoms with Gasteiger partial charge in [-0.2, -0.15) is 0 Å². The van der Waals surface area contributed by atoms with E-state index in [2.05, 4.69) is 33.9 Å². The van der Waals surface area contributed by atoms with Crippen LogP contribution in [0.25, 0.3) is 0 Å². The summed E-state index contributed by atoms with van der Waals surface area (Å²) in [6, 6.07) is 5.86. The van der Waals surface area contributed by atoms with Gasteiger partial charge in [0.2, 0.25) is 5.89 Å². The lowest BCUT2D eigenvalue weighted by Crippen LogP contribution is -2.46. The molecule has 1 aromatic heterocycles. The normalized spacial score (nSPS) is 16.0. The SMILES string of the molecule is Cc1ccc(NC(=O)c2coc(CN3CCN(CC(C)C)CC3)n2)cc1C. The van der Waals surface area contributed by atoms with Crippen molar-refractivity contribution in [1.29, 1.82) is 0 Å². The highest BCUT2D eigenvalue weighted by Gasteiger charge is 2.20. The lowest BCUT2D eigenvalue weighted by Gasteiger charge is -2.34. The van der Waals surface area contributed by atoms with Crippen LogP contribution in [0, 0.1) is 19.8 Å². The van der Waals surface area contributed by atoms with E-state index in [0.717, 1.165) is 44.0 Å². The van der Waals surface area contributed by atoms with Crippen LogP contribution in [0.4, 0.5) is 5.69 Å². The lowest BCUT2D eigenvalue weighted by atomic mass is 10.1. The van der Waals surface area contributed by atoms with Crippen LogP contribution < -0.4 is 5.32 Å². The molecule has 1 fully saturated rings. The van der Waals surface area contributed by atoms with Crippen molar-refractivity contribution in [3.63, 3.8) is 0 Å². The molecule has 146 valence electrons. The second-order valence-corrected chi connectivity index (χ2v) is 7.85. The quantitative estimate of drug-likeness (QED) is 0.845. The minimum atomic E-state index is -0.241. The molecule has 1 N–H and O–H groups in total. The maximum atomic E-state index is 12.4. The molecule has 6 heteroatoms. The molecule has 3 rings (SSSR count). The maximum Gasteiger partial charge on any atom is 0.277 e. The van der Waals surface area contributed by atoms with Crippen molar-refractivity contribution in [3.05, 3.63) is 47.2 Å². The number of carbonyl (C=O) groups excluding carboxylic acids is 1. The number of aromatic nitrogens is 1. The van der Waals surface area contributed by atoms with E-state index in [-0.39, 0.29) is 5.91 Å². The highest BCUT2D eigenvalue weighted by Crippen LogP contribution is 2.16. The second-order valence-electron chi connectivity index (χ2n) is 7.85. The number of rotatable bonds is 6. The minimum Gasteiger partial charge on any atom is -0.447 e. The summed E-state index contributed by atoms with van der Waals surface area (Å²) in [6.45, 7) is 14.5. The van der Waals surface area contributed by atoms with Crippen molar-refractivity contribution in [2.45, 2.75) is 34.2 Å². The third-order valence-corrected chi connectivity index (χ3v) is 5.00. The molecule has 1 saturated heterocycles. The Morgan fingerprint density at radius 1 is 1.15 bits per heavy atom. The van der Waals surface area contributed by atoms with Crippen LogP contribution >= 0.6 is 0 Å². The van der Waals surface area contributed by atoms with Gasteiger partial charge in [0, 0.05) is 38.4 Å². The average molecular weight is 370 g/mol. The Kier molecular flexibility index (Phi) is 6.29. The average Bonchev–Trinajstić information content (AvgIpc) is 3.08. The van der Waals surface area contributed by atoms with Crippen LogP contribution in [0.2, 0.25) is 0 Å². The number of amides is 1. The predicted molar refractivity (Wildman–Crippen MR) is 107 cm³/mol. The maximum absolute atomic E-state index is 12.4. The molecule has 0 saturated carbocycles. The van der Waals surface area contributed by atoms with Crippen LogP contribution in [-0.4, -0.2) is 53.4 Å². The molecule has 1 aliphatic heterocycles. The summed E-state index contributed by atoms with van der Waals surface area (Å²) in [5.74, 6) is 1.05. The fraction of sp³-hybridized carbons (Fsp3) is 0.524. The first-order chi connectivity index (χ1) is 12.9. The Hall–Kier alpha value is -2.18. The van der Waals surface area contributed by atoms with Gasteiger partial charge in [0.05, 0.1) is 6.54 Å². The molecular formula is C21H30N4O2. The Morgan fingerprint density at radius 2 is 1.85 bits per heavy atom. The van der Waals surface area contributed by atoms with Gasteiger partial charge in [-0.15, -0.1) is 0 Å². The van der Waals surface area contributed by atoms with Gasteiger partial charge in [0.15, 0.2) is 5.69 Å². The van der Waals surface area contributed by atoms with E-state index in [0.29, 0.717) is 24.0 Å². The molecule has 27 heavy (non-hydrogen) atoms. The first-order valence-corrected chi connectivity index (χ1v) is 9.68. The van der Waals surface area contributed by atoms with Gasteiger partial charge in [-0.05, 0) is 43.0 Å². The summed E-state index contributed by atoms with van der Waals surface area (Å²) in [6.07, 6.45) is 1.45. The van der Waals surface area contributed by atoms with Crippen molar-refractivity contribution in [2.24, 2.45) is 5.92 Å². The van der Waals surface area contributed by atoms with Crippen molar-refractivity contribution >= 4 is 11.6 Å². The van der Waals surface area contributed by atoms with Gasteiger partial charge in [0.25, 0.3) is 5.91 Å². The van der Waals surface area contributed by atoms with E-state index < -0.39 is 0 Å². The number of anilines is 1. The first kappa shape index (κ1) is 19.6. The Labute approximate surface area is 161 Å². The Balaban J connectivity index is 1.52. The Morgan fingerprint density at radius 3 is 2.52 bits per heavy atom. The topological polar surface area (TPSA) is 61.6 Å². The summed E-state index contributed by atoms with van der Waals surface area (Å²) >= 11 is 0. The molecule has 6 nitrogen and oxygen atoms in total. The van der Waals surface area contributed by atoms with Crippen LogP contribution in [0.15, 0.2) is 28.9 Å². The zero-order chi connectivity index (χ0) is 19.4. The molecule has 0 bridgehead atoms. The van der Waals surface area contributed by atoms with Crippen molar-refractivity contribution < 1.29 is 9.21 Å². The smallest absolute Gasteiger partial charge is 0.277 e. The monoisotopic (exact) mass is 370 g/mol. The standard InChI is InChI=1S/C21H30N4O2/c1-15(2)12-24-7-9-25(10-8-24)13-20-23-19(14-27-20)21(26)22-18-6-5-16(3)17(4)11-18/h5-6,11,14-15H,7-10,12-13H2,1-4H3,(H,22,26). The number of nitrogens with one attached hydrogen (secondary N) is 1. The van der Waals surface area contributed by atoms with Gasteiger partial charge < -0.3 is 14.6 Å². The predicted octanol–water partition coefficient (Wildman–Crippen LogP) is 3.32. The number of benzene rings is 1. The fourth-order valence-corrected chi connectivity index (χ4v) is 3.34. The van der Waals surface area contributed by atoms with Crippen molar-refractivity contribution in [3.8, 4) is 0 Å². The summed E-state index contributed by atoms with van der Waals surface area (Å²) in [7, 11) is 0. The number of oxazole rings is 1. The largest absolute Gasteiger partial charge is 0.447 e. The lowest BCUT2D eigenvalue weighted by molar-refractivity contribution is 0.102. The molecule has 1 aromatic carbocycles. The van der Waals surface area contributed by atoms with Crippen LogP contribution in [0.1, 0.15) is 41.4 Å². The van der Waals surface area contributed by atoms with Gasteiger partial charge in [-0.25, -0.2) is 4.98 Å². The molecule has 0 aliphatic carbocycles. The third-order valence-electron chi connectivity index (χ3n) is 5.00. The highest BCUT2D eigenvalue weighted by atomic mass is 16.3. The molecule has 2 heterocycles. The van der Waals surface area contributed by atoms with Gasteiger partial charge in [0.1, 0.15) is 6.26 Å². The van der Waals surface area contributed by atoms with Crippen LogP contribution in [-0.2, 0) is 6.54 Å². The van der Waals surface area contributed by atoms with Crippen molar-refractivity contribution in [2.75, 3.05) is 38.0 Å². The number of hydrogen-bond acceptors (Lipinski definition) is 5. The zero-order valence-corrected chi connectivity index (χ0v) is 16.8. The Bertz CT molecular complexity index is 776. The van der Waals surface area contributed by atoms with Crippen LogP contribution in [0.5, 0.6) is 0 Å². The van der Waals surface area contributed by atoms with Gasteiger partial charge in [-0.1, -0.05) is 19.9 Å². The second kappa shape index (κ2) is 8.67. The van der Waals surface area contributed by atoms with E-state index in [4.69, 9.17) is 4.42 Å². The molecule has 2 aromatic rings. The van der Waals surface area contributed by atoms with E-state index in [1.165, 1.54) is 11.8 Å². The minimum absolute atomic E-state index is 0.241. The molecule has 0 atom stereocenters. The van der Waals surface area contributed by atoms with Crippen LogP contribution in [0.3, 0.4) is 0 Å². The van der Waals surface area contributed by atoms with E-state index >= 15 is 0 Å². The van der Waals surface area contributed by atoms with Gasteiger partial charge in [-0.3, -0.25) is 9.69 Å². The van der Waals surface area contributed by atoms with Crippen molar-refractivity contribution in [1.82, 2.24) is 14.8 Å². The number of aryl methyl sites for hydroxylation is 2. The molecule has 0 radical (unpaired) electrons. The van der Waals surface area contributed by atoms with Gasteiger partial charge >= 0.3 is 0 Å². The first-order valence-electron chi connectivity index (χ1n) is 9.68. The molecular weight excluding hydrogens is 340 g/mol. The number of nitrogens with zero attached hydrogens (tertiary/aromatic N) is 3. The number of carbonyl (C=O) groups is 1. The summed E-state index contributed by atoms with van der Waals surface area (Å²) in [5.41, 5.74) is 3.44. The molecule has 1 amide bonds. The zero-order valence-electron chi connectivity index (χ0n) is 16.8. The third kappa shape index (κ3) is 5.40. The van der Waals surface area contributed by atoms with E-state index in [1.807, 2.05) is 32.0 Å². The molecule has 1 aliphatic rings. The molecule has 0 spiro atoms. The number of piperazine rings is 1. The summed E-state index contributed by atoms with van der Waals surface area (Å²) < 4.78 is 5.53.